The number of ether oxygens (including phenoxy) is 2. The van der Waals surface area contributed by atoms with E-state index in [1.165, 1.54) is 0 Å². The Kier molecular flexibility index (Phi) is 9.11. The van der Waals surface area contributed by atoms with Gasteiger partial charge in [0.15, 0.2) is 0 Å². The minimum absolute atomic E-state index is 0.198. The quantitative estimate of drug-likeness (QED) is 0.328. The molecule has 0 N–H and O–H groups in total. The zero-order valence-corrected chi connectivity index (χ0v) is 9.70. The van der Waals surface area contributed by atoms with Crippen LogP contribution in [0.25, 0.3) is 0 Å². The van der Waals surface area contributed by atoms with Crippen LogP contribution < -0.4 is 0 Å². The zero-order valence-electron chi connectivity index (χ0n) is 9.70. The zero-order chi connectivity index (χ0) is 11.5. The molecule has 88 valence electrons. The first-order valence-electron chi connectivity index (χ1n) is 5.31. The van der Waals surface area contributed by atoms with Crippen LogP contribution >= 0.6 is 0 Å². The van der Waals surface area contributed by atoms with Gasteiger partial charge < -0.3 is 9.47 Å². The number of carbonyl (C=O) groups excluding carboxylic acids is 1. The highest BCUT2D eigenvalue weighted by molar-refractivity contribution is 5.71. The Labute approximate surface area is 91.8 Å². The monoisotopic (exact) mass is 215 g/mol. The van der Waals surface area contributed by atoms with Gasteiger partial charge in [0.2, 0.25) is 0 Å². The van der Waals surface area contributed by atoms with Crippen LogP contribution in [0.3, 0.4) is 0 Å². The van der Waals surface area contributed by atoms with Crippen LogP contribution in [0.1, 0.15) is 13.8 Å². The summed E-state index contributed by atoms with van der Waals surface area (Å²) in [4.78, 5) is 13.2. The summed E-state index contributed by atoms with van der Waals surface area (Å²) in [7, 11) is 0. The molecule has 0 spiro atoms. The Hall–Kier alpha value is -0.870. The van der Waals surface area contributed by atoms with Gasteiger partial charge >= 0.3 is 5.97 Å². The molecule has 0 heterocycles. The van der Waals surface area contributed by atoms with Crippen LogP contribution in [0.5, 0.6) is 0 Å². The fourth-order valence-electron chi connectivity index (χ4n) is 1.14. The molecule has 0 aliphatic carbocycles. The number of hydrogen-bond donors (Lipinski definition) is 0. The Morgan fingerprint density at radius 2 is 2.13 bits per heavy atom. The van der Waals surface area contributed by atoms with Crippen molar-refractivity contribution in [2.75, 3.05) is 39.5 Å². The number of carbonyl (C=O) groups is 1. The molecular weight excluding hydrogens is 194 g/mol. The van der Waals surface area contributed by atoms with Gasteiger partial charge in [0.05, 0.1) is 19.8 Å². The third kappa shape index (κ3) is 8.15. The molecule has 0 unspecified atom stereocenters. The summed E-state index contributed by atoms with van der Waals surface area (Å²) < 4.78 is 10.1. The van der Waals surface area contributed by atoms with Crippen molar-refractivity contribution in [2.45, 2.75) is 13.8 Å². The largest absolute Gasteiger partial charge is 0.465 e. The molecular formula is C11H21NO3. The molecule has 0 radical (unpaired) electrons. The molecule has 0 atom stereocenters. The van der Waals surface area contributed by atoms with Gasteiger partial charge in [0.25, 0.3) is 0 Å². The topological polar surface area (TPSA) is 38.8 Å². The summed E-state index contributed by atoms with van der Waals surface area (Å²) >= 11 is 0. The maximum absolute atomic E-state index is 11.2. The molecule has 0 bridgehead atoms. The van der Waals surface area contributed by atoms with Crippen molar-refractivity contribution in [3.8, 4) is 0 Å². The van der Waals surface area contributed by atoms with Crippen molar-refractivity contribution < 1.29 is 14.3 Å². The van der Waals surface area contributed by atoms with Gasteiger partial charge in [-0.15, -0.1) is 6.58 Å². The number of esters is 1. The highest BCUT2D eigenvalue weighted by Crippen LogP contribution is 1.91. The van der Waals surface area contributed by atoms with Crippen LogP contribution in [-0.4, -0.2) is 50.3 Å². The van der Waals surface area contributed by atoms with Crippen molar-refractivity contribution in [1.29, 1.82) is 0 Å². The van der Waals surface area contributed by atoms with E-state index < -0.39 is 0 Å². The van der Waals surface area contributed by atoms with Crippen molar-refractivity contribution in [2.24, 2.45) is 0 Å². The molecule has 0 aromatic rings. The second-order valence-corrected chi connectivity index (χ2v) is 3.03. The van der Waals surface area contributed by atoms with E-state index >= 15 is 0 Å². The lowest BCUT2D eigenvalue weighted by atomic mass is 10.4. The highest BCUT2D eigenvalue weighted by atomic mass is 16.5. The number of nitrogens with zero attached hydrogens (tertiary/aromatic N) is 1. The molecule has 0 saturated heterocycles. The van der Waals surface area contributed by atoms with Crippen LogP contribution in [-0.2, 0) is 14.3 Å². The maximum Gasteiger partial charge on any atom is 0.320 e. The predicted octanol–water partition coefficient (Wildman–Crippen LogP) is 1.07. The molecule has 4 heteroatoms. The lowest BCUT2D eigenvalue weighted by molar-refractivity contribution is -0.144. The van der Waals surface area contributed by atoms with E-state index in [9.17, 15) is 4.79 Å². The van der Waals surface area contributed by atoms with Crippen LogP contribution in [0.2, 0.25) is 0 Å². The summed E-state index contributed by atoms with van der Waals surface area (Å²) in [6.07, 6.45) is 1.77. The number of hydrogen-bond acceptors (Lipinski definition) is 4. The molecule has 4 nitrogen and oxygen atoms in total. The third-order valence-electron chi connectivity index (χ3n) is 1.80. The first kappa shape index (κ1) is 14.1. The lowest BCUT2D eigenvalue weighted by Crippen LogP contribution is -2.34. The summed E-state index contributed by atoms with van der Waals surface area (Å²) in [5, 5.41) is 0. The van der Waals surface area contributed by atoms with Crippen molar-refractivity contribution in [3.05, 3.63) is 12.7 Å². The molecule has 0 amide bonds. The molecule has 0 aromatic heterocycles. The van der Waals surface area contributed by atoms with Gasteiger partial charge in [-0.05, 0) is 13.8 Å². The normalized spacial score (nSPS) is 10.3. The Bertz CT molecular complexity index is 183. The second-order valence-electron chi connectivity index (χ2n) is 3.03. The standard InChI is InChI=1S/C11H21NO3/c1-4-7-12(8-9-14-5-2)10-11(13)15-6-3/h4H,1,5-10H2,2-3H3. The van der Waals surface area contributed by atoms with Crippen molar-refractivity contribution in [1.82, 2.24) is 4.90 Å². The average Bonchev–Trinajstić information content (AvgIpc) is 2.18. The Balaban J connectivity index is 3.80. The van der Waals surface area contributed by atoms with E-state index in [0.717, 1.165) is 6.54 Å². The fourth-order valence-corrected chi connectivity index (χ4v) is 1.14. The van der Waals surface area contributed by atoms with Crippen molar-refractivity contribution >= 4 is 5.97 Å². The van der Waals surface area contributed by atoms with Gasteiger partial charge in [-0.1, -0.05) is 6.08 Å². The van der Waals surface area contributed by atoms with E-state index in [1.807, 2.05) is 11.8 Å². The van der Waals surface area contributed by atoms with E-state index in [-0.39, 0.29) is 5.97 Å². The molecule has 0 fully saturated rings. The average molecular weight is 215 g/mol. The first-order valence-corrected chi connectivity index (χ1v) is 5.31. The van der Waals surface area contributed by atoms with Crippen molar-refractivity contribution in [3.63, 3.8) is 0 Å². The van der Waals surface area contributed by atoms with Gasteiger partial charge in [-0.25, -0.2) is 0 Å². The first-order chi connectivity index (χ1) is 7.24. The van der Waals surface area contributed by atoms with Crippen LogP contribution in [0.15, 0.2) is 12.7 Å². The molecule has 15 heavy (non-hydrogen) atoms. The summed E-state index contributed by atoms with van der Waals surface area (Å²) in [5.41, 5.74) is 0. The SMILES string of the molecule is C=CCN(CCOCC)CC(=O)OCC. The van der Waals surface area contributed by atoms with Gasteiger partial charge in [0.1, 0.15) is 0 Å². The van der Waals surface area contributed by atoms with E-state index in [0.29, 0.717) is 32.9 Å². The second kappa shape index (κ2) is 9.68. The lowest BCUT2D eigenvalue weighted by Gasteiger charge is -2.19. The molecule has 0 aliphatic heterocycles. The minimum Gasteiger partial charge on any atom is -0.465 e. The maximum atomic E-state index is 11.2. The fraction of sp³-hybridized carbons (Fsp3) is 0.727. The van der Waals surface area contributed by atoms with E-state index in [2.05, 4.69) is 6.58 Å². The van der Waals surface area contributed by atoms with E-state index in [1.54, 1.807) is 13.0 Å². The molecule has 0 rings (SSSR count). The van der Waals surface area contributed by atoms with E-state index in [4.69, 9.17) is 9.47 Å². The highest BCUT2D eigenvalue weighted by Gasteiger charge is 2.09. The van der Waals surface area contributed by atoms with Gasteiger partial charge in [-0.2, -0.15) is 0 Å². The summed E-state index contributed by atoms with van der Waals surface area (Å²) in [6, 6.07) is 0. The molecule has 0 aliphatic rings. The summed E-state index contributed by atoms with van der Waals surface area (Å²) in [6.45, 7) is 10.8. The van der Waals surface area contributed by atoms with Gasteiger partial charge in [0, 0.05) is 19.7 Å². The molecule has 0 saturated carbocycles. The third-order valence-corrected chi connectivity index (χ3v) is 1.80. The Morgan fingerprint density at radius 1 is 1.40 bits per heavy atom. The molecule has 0 aromatic carbocycles. The van der Waals surface area contributed by atoms with Gasteiger partial charge in [-0.3, -0.25) is 9.69 Å². The number of rotatable bonds is 9. The predicted molar refractivity (Wildman–Crippen MR) is 59.8 cm³/mol. The smallest absolute Gasteiger partial charge is 0.320 e. The minimum atomic E-state index is -0.198. The van der Waals surface area contributed by atoms with Crippen LogP contribution in [0.4, 0.5) is 0 Å². The summed E-state index contributed by atoms with van der Waals surface area (Å²) in [5.74, 6) is -0.198. The van der Waals surface area contributed by atoms with Crippen LogP contribution in [0, 0.1) is 0 Å². The Morgan fingerprint density at radius 3 is 2.67 bits per heavy atom.